The number of amides is 3. The van der Waals surface area contributed by atoms with Gasteiger partial charge in [0.1, 0.15) is 16.9 Å². The molecule has 2 N–H and O–H groups in total. The van der Waals surface area contributed by atoms with Crippen molar-refractivity contribution in [1.29, 1.82) is 0 Å². The highest BCUT2D eigenvalue weighted by Gasteiger charge is 2.35. The third-order valence-corrected chi connectivity index (χ3v) is 4.47. The molecule has 3 aromatic rings. The maximum Gasteiger partial charge on any atom is 0.420 e. The summed E-state index contributed by atoms with van der Waals surface area (Å²) < 4.78 is 46.3. The second-order valence-electron chi connectivity index (χ2n) is 6.18. The SMILES string of the molecule is O=C(NC(=O)c1ccccc1[N+](=O)[O-])Nc1ccc(Oc2ncc(I)cn2)c(C(F)(F)F)c1. The van der Waals surface area contributed by atoms with Gasteiger partial charge in [-0.25, -0.2) is 14.8 Å². The lowest BCUT2D eigenvalue weighted by atomic mass is 10.1. The van der Waals surface area contributed by atoms with Gasteiger partial charge in [0.15, 0.2) is 0 Å². The fourth-order valence-electron chi connectivity index (χ4n) is 2.53. The summed E-state index contributed by atoms with van der Waals surface area (Å²) in [5, 5.41) is 14.9. The number of hydrogen-bond donors (Lipinski definition) is 2. The zero-order valence-corrected chi connectivity index (χ0v) is 18.2. The number of anilines is 1. The number of carbonyl (C=O) groups excluding carboxylic acids is 2. The van der Waals surface area contributed by atoms with Crippen molar-refractivity contribution in [2.75, 3.05) is 5.32 Å². The number of aromatic nitrogens is 2. The van der Waals surface area contributed by atoms with Crippen LogP contribution < -0.4 is 15.4 Å². The Balaban J connectivity index is 1.78. The molecule has 0 spiro atoms. The molecule has 170 valence electrons. The van der Waals surface area contributed by atoms with Crippen molar-refractivity contribution in [2.24, 2.45) is 0 Å². The number of alkyl halides is 3. The summed E-state index contributed by atoms with van der Waals surface area (Å²) in [4.78, 5) is 42.0. The number of para-hydroxylation sites is 1. The average molecular weight is 573 g/mol. The molecule has 0 saturated heterocycles. The highest BCUT2D eigenvalue weighted by atomic mass is 127. The minimum Gasteiger partial charge on any atom is -0.424 e. The summed E-state index contributed by atoms with van der Waals surface area (Å²) in [5.41, 5.74) is -2.48. The highest BCUT2D eigenvalue weighted by molar-refractivity contribution is 14.1. The van der Waals surface area contributed by atoms with Crippen LogP contribution in [0, 0.1) is 13.7 Å². The zero-order valence-electron chi connectivity index (χ0n) is 16.1. The van der Waals surface area contributed by atoms with E-state index in [1.165, 1.54) is 24.5 Å². The smallest absolute Gasteiger partial charge is 0.420 e. The predicted octanol–water partition coefficient (Wildman–Crippen LogP) is 4.76. The molecule has 0 aliphatic rings. The number of nitrogens with zero attached hydrogens (tertiary/aromatic N) is 3. The van der Waals surface area contributed by atoms with E-state index < -0.39 is 45.6 Å². The first-order valence-corrected chi connectivity index (χ1v) is 9.85. The van der Waals surface area contributed by atoms with Gasteiger partial charge in [0.25, 0.3) is 11.6 Å². The van der Waals surface area contributed by atoms with Crippen LogP contribution >= 0.6 is 22.6 Å². The minimum atomic E-state index is -4.85. The number of ether oxygens (including phenoxy) is 1. The Morgan fingerprint density at radius 3 is 2.39 bits per heavy atom. The molecular formula is C19H11F3IN5O5. The second kappa shape index (κ2) is 9.76. The maximum atomic E-state index is 13.5. The Kier molecular flexibility index (Phi) is 7.05. The molecule has 2 aromatic carbocycles. The van der Waals surface area contributed by atoms with Crippen molar-refractivity contribution in [3.8, 4) is 11.8 Å². The number of halogens is 4. The predicted molar refractivity (Wildman–Crippen MR) is 116 cm³/mol. The first kappa shape index (κ1) is 23.8. The van der Waals surface area contributed by atoms with Crippen molar-refractivity contribution >= 4 is 45.9 Å². The molecule has 0 unspecified atom stereocenters. The maximum absolute atomic E-state index is 13.5. The van der Waals surface area contributed by atoms with E-state index >= 15 is 0 Å². The number of carbonyl (C=O) groups is 2. The Morgan fingerprint density at radius 2 is 1.76 bits per heavy atom. The number of imide groups is 1. The van der Waals surface area contributed by atoms with Gasteiger partial charge in [-0.1, -0.05) is 12.1 Å². The Labute approximate surface area is 196 Å². The minimum absolute atomic E-state index is 0.311. The third kappa shape index (κ3) is 6.12. The number of urea groups is 1. The van der Waals surface area contributed by atoms with Crippen LogP contribution in [0.15, 0.2) is 54.9 Å². The van der Waals surface area contributed by atoms with Gasteiger partial charge in [0, 0.05) is 27.7 Å². The lowest BCUT2D eigenvalue weighted by Gasteiger charge is -2.15. The number of nitro groups is 1. The average Bonchev–Trinajstić information content (AvgIpc) is 2.75. The summed E-state index contributed by atoms with van der Waals surface area (Å²) in [6.45, 7) is 0. The summed E-state index contributed by atoms with van der Waals surface area (Å²) in [6.07, 6.45) is -2.15. The van der Waals surface area contributed by atoms with E-state index in [1.807, 2.05) is 27.9 Å². The molecule has 0 aliphatic carbocycles. The quantitative estimate of drug-likeness (QED) is 0.255. The number of hydrogen-bond acceptors (Lipinski definition) is 7. The van der Waals surface area contributed by atoms with Crippen molar-refractivity contribution in [1.82, 2.24) is 15.3 Å². The lowest BCUT2D eigenvalue weighted by molar-refractivity contribution is -0.385. The molecule has 3 amide bonds. The molecule has 14 heteroatoms. The Hall–Kier alpha value is -3.82. The van der Waals surface area contributed by atoms with Gasteiger partial charge in [0.2, 0.25) is 0 Å². The summed E-state index contributed by atoms with van der Waals surface area (Å²) >= 11 is 1.92. The summed E-state index contributed by atoms with van der Waals surface area (Å²) in [5.74, 6) is -1.71. The number of benzene rings is 2. The van der Waals surface area contributed by atoms with Gasteiger partial charge in [0.05, 0.1) is 4.92 Å². The third-order valence-electron chi connectivity index (χ3n) is 3.91. The molecule has 0 saturated carbocycles. The molecule has 3 rings (SSSR count). The van der Waals surface area contributed by atoms with Crippen LogP contribution in [0.5, 0.6) is 11.8 Å². The normalized spacial score (nSPS) is 10.9. The van der Waals surface area contributed by atoms with Crippen LogP contribution in [-0.4, -0.2) is 26.8 Å². The van der Waals surface area contributed by atoms with Crippen LogP contribution in [0.2, 0.25) is 0 Å². The molecule has 33 heavy (non-hydrogen) atoms. The fourth-order valence-corrected chi connectivity index (χ4v) is 2.81. The van der Waals surface area contributed by atoms with Gasteiger partial charge >= 0.3 is 18.2 Å². The Morgan fingerprint density at radius 1 is 1.09 bits per heavy atom. The molecule has 0 radical (unpaired) electrons. The standard InChI is InChI=1S/C19H11F3IN5O5/c20-19(21,22)13-7-11(5-6-15(13)33-18-24-8-10(23)9-25-18)26-17(30)27-16(29)12-3-1-2-4-14(12)28(31)32/h1-9H,(H2,26,27,29,30). The van der Waals surface area contributed by atoms with Gasteiger partial charge < -0.3 is 10.1 Å². The molecule has 10 nitrogen and oxygen atoms in total. The molecule has 1 heterocycles. The first-order valence-electron chi connectivity index (χ1n) is 8.77. The van der Waals surface area contributed by atoms with Crippen molar-refractivity contribution < 1.29 is 32.4 Å². The number of nitro benzene ring substituents is 1. The van der Waals surface area contributed by atoms with E-state index in [0.717, 1.165) is 24.3 Å². The van der Waals surface area contributed by atoms with Crippen LogP contribution in [0.3, 0.4) is 0 Å². The van der Waals surface area contributed by atoms with E-state index in [2.05, 4.69) is 15.3 Å². The molecule has 0 atom stereocenters. The van der Waals surface area contributed by atoms with E-state index in [4.69, 9.17) is 4.74 Å². The molecule has 0 bridgehead atoms. The van der Waals surface area contributed by atoms with E-state index in [9.17, 15) is 32.9 Å². The van der Waals surface area contributed by atoms with Crippen molar-refractivity contribution in [3.63, 3.8) is 0 Å². The van der Waals surface area contributed by atoms with Crippen LogP contribution in [0.25, 0.3) is 0 Å². The van der Waals surface area contributed by atoms with E-state index in [0.29, 0.717) is 9.64 Å². The highest BCUT2D eigenvalue weighted by Crippen LogP contribution is 2.39. The fraction of sp³-hybridized carbons (Fsp3) is 0.0526. The van der Waals surface area contributed by atoms with Crippen LogP contribution in [0.4, 0.5) is 29.3 Å². The topological polar surface area (TPSA) is 136 Å². The molecule has 0 aliphatic heterocycles. The summed E-state index contributed by atoms with van der Waals surface area (Å²) in [6, 6.07) is 6.02. The summed E-state index contributed by atoms with van der Waals surface area (Å²) in [7, 11) is 0. The monoisotopic (exact) mass is 573 g/mol. The second-order valence-corrected chi connectivity index (χ2v) is 7.42. The van der Waals surface area contributed by atoms with Crippen molar-refractivity contribution in [2.45, 2.75) is 6.18 Å². The van der Waals surface area contributed by atoms with Crippen LogP contribution in [-0.2, 0) is 6.18 Å². The van der Waals surface area contributed by atoms with Gasteiger partial charge in [-0.2, -0.15) is 13.2 Å². The largest absolute Gasteiger partial charge is 0.424 e. The zero-order chi connectivity index (χ0) is 24.2. The number of nitrogens with one attached hydrogen (secondary N) is 2. The number of rotatable bonds is 5. The van der Waals surface area contributed by atoms with Crippen LogP contribution in [0.1, 0.15) is 15.9 Å². The molecule has 1 aromatic heterocycles. The van der Waals surface area contributed by atoms with Gasteiger partial charge in [-0.3, -0.25) is 20.2 Å². The van der Waals surface area contributed by atoms with E-state index in [-0.39, 0.29) is 11.7 Å². The van der Waals surface area contributed by atoms with E-state index in [1.54, 1.807) is 0 Å². The first-order chi connectivity index (χ1) is 15.5. The van der Waals surface area contributed by atoms with Gasteiger partial charge in [-0.15, -0.1) is 0 Å². The molecular weight excluding hydrogens is 562 g/mol. The van der Waals surface area contributed by atoms with Gasteiger partial charge in [-0.05, 0) is 46.9 Å². The lowest BCUT2D eigenvalue weighted by Crippen LogP contribution is -2.34. The van der Waals surface area contributed by atoms with Crippen molar-refractivity contribution in [3.05, 3.63) is 79.7 Å². The molecule has 0 fully saturated rings. The Bertz CT molecular complexity index is 1220.